The van der Waals surface area contributed by atoms with Crippen LogP contribution >= 0.6 is 0 Å². The number of carbonyl (C=O) groups is 2. The molecule has 7 nitrogen and oxygen atoms in total. The van der Waals surface area contributed by atoms with Gasteiger partial charge in [-0.25, -0.2) is 4.98 Å². The number of para-hydroxylation sites is 1. The van der Waals surface area contributed by atoms with Gasteiger partial charge in [0.05, 0.1) is 11.4 Å². The lowest BCUT2D eigenvalue weighted by Crippen LogP contribution is -2.43. The number of nitrogens with zero attached hydrogens (tertiary/aromatic N) is 3. The lowest BCUT2D eigenvalue weighted by molar-refractivity contribution is -0.137. The molecule has 1 amide bonds. The Morgan fingerprint density at radius 1 is 0.896 bits per heavy atom. The summed E-state index contributed by atoms with van der Waals surface area (Å²) in [7, 11) is 0. The predicted octanol–water partition coefficient (Wildman–Crippen LogP) is 7.79. The van der Waals surface area contributed by atoms with Gasteiger partial charge in [-0.15, -0.1) is 0 Å². The number of amides is 1. The van der Waals surface area contributed by atoms with Crippen molar-refractivity contribution in [2.45, 2.75) is 70.8 Å². The van der Waals surface area contributed by atoms with E-state index in [1.54, 1.807) is 0 Å². The zero-order valence-corrected chi connectivity index (χ0v) is 28.0. The number of hydrogen-bond donors (Lipinski definition) is 1. The van der Waals surface area contributed by atoms with Gasteiger partial charge in [0.1, 0.15) is 5.65 Å². The Bertz CT molecular complexity index is 1920. The summed E-state index contributed by atoms with van der Waals surface area (Å²) in [4.78, 5) is 32.8. The molecule has 2 saturated heterocycles. The molecule has 0 bridgehead atoms. The van der Waals surface area contributed by atoms with Gasteiger partial charge >= 0.3 is 5.97 Å². The fourth-order valence-corrected chi connectivity index (χ4v) is 8.22. The number of aryl methyl sites for hydroxylation is 2. The molecule has 4 heterocycles. The normalized spacial score (nSPS) is 16.8. The van der Waals surface area contributed by atoms with Gasteiger partial charge in [-0.05, 0) is 91.7 Å². The summed E-state index contributed by atoms with van der Waals surface area (Å²) in [5, 5.41) is 11.6. The number of hydrogen-bond acceptors (Lipinski definition) is 4. The Kier molecular flexibility index (Phi) is 9.31. The number of benzene rings is 3. The molecule has 0 saturated carbocycles. The van der Waals surface area contributed by atoms with Crippen molar-refractivity contribution in [2.24, 2.45) is 5.92 Å². The second kappa shape index (κ2) is 13.9. The number of aromatic nitrogens is 2. The van der Waals surface area contributed by atoms with Gasteiger partial charge in [0.2, 0.25) is 5.91 Å². The minimum absolute atomic E-state index is 0.0865. The molecule has 2 aliphatic rings. The van der Waals surface area contributed by atoms with Crippen LogP contribution in [-0.4, -0.2) is 57.7 Å². The van der Waals surface area contributed by atoms with Crippen LogP contribution in [0, 0.1) is 19.8 Å². The molecule has 48 heavy (non-hydrogen) atoms. The number of carboxylic acid groups (broad SMARTS) is 1. The first-order valence-electron chi connectivity index (χ1n) is 17.5. The molecular weight excluding hydrogens is 598 g/mol. The highest BCUT2D eigenvalue weighted by atomic mass is 16.5. The van der Waals surface area contributed by atoms with Crippen LogP contribution in [0.5, 0.6) is 0 Å². The maximum atomic E-state index is 14.3. The van der Waals surface area contributed by atoms with Gasteiger partial charge in [-0.2, -0.15) is 0 Å². The smallest absolute Gasteiger partial charge is 0.303 e. The summed E-state index contributed by atoms with van der Waals surface area (Å²) in [6.07, 6.45) is 4.36. The van der Waals surface area contributed by atoms with E-state index in [2.05, 4.69) is 95.3 Å². The molecule has 248 valence electrons. The number of aliphatic carboxylic acids is 1. The van der Waals surface area contributed by atoms with E-state index < -0.39 is 5.97 Å². The average Bonchev–Trinajstić information content (AvgIpc) is 3.42. The molecule has 1 atom stereocenters. The van der Waals surface area contributed by atoms with Gasteiger partial charge in [-0.1, -0.05) is 72.8 Å². The fraction of sp³-hybridized carbons (Fsp3) is 0.390. The number of fused-ring (bicyclic) bond motifs is 3. The third kappa shape index (κ3) is 6.36. The number of piperidine rings is 1. The van der Waals surface area contributed by atoms with Crippen LogP contribution in [0.1, 0.15) is 77.5 Å². The van der Waals surface area contributed by atoms with Gasteiger partial charge in [-0.3, -0.25) is 9.59 Å². The number of pyridine rings is 1. The third-order valence-electron chi connectivity index (χ3n) is 10.8. The lowest BCUT2D eigenvalue weighted by Gasteiger charge is -2.37. The van der Waals surface area contributed by atoms with Crippen molar-refractivity contribution in [3.8, 4) is 0 Å². The Morgan fingerprint density at radius 2 is 1.58 bits per heavy atom. The SMILES string of the molecule is Cc1nc2c(c(C)c1CCC(=O)O)c1ccccc1n2Cc1ccc(C(C(=O)N2CCC(c3ccccc3)CC2)C2CCOCC2)cc1. The van der Waals surface area contributed by atoms with E-state index in [0.717, 1.165) is 88.7 Å². The molecule has 7 heteroatoms. The molecule has 0 spiro atoms. The van der Waals surface area contributed by atoms with E-state index in [0.29, 0.717) is 32.1 Å². The fourth-order valence-electron chi connectivity index (χ4n) is 8.22. The third-order valence-corrected chi connectivity index (χ3v) is 10.8. The van der Waals surface area contributed by atoms with Crippen LogP contribution in [0.15, 0.2) is 78.9 Å². The predicted molar refractivity (Wildman–Crippen MR) is 189 cm³/mol. The van der Waals surface area contributed by atoms with E-state index >= 15 is 0 Å². The monoisotopic (exact) mass is 643 g/mol. The van der Waals surface area contributed by atoms with E-state index in [-0.39, 0.29) is 24.2 Å². The summed E-state index contributed by atoms with van der Waals surface area (Å²) < 4.78 is 7.99. The number of likely N-dealkylation sites (tertiary alicyclic amines) is 1. The first-order chi connectivity index (χ1) is 23.4. The second-order valence-corrected chi connectivity index (χ2v) is 13.7. The zero-order chi connectivity index (χ0) is 33.2. The minimum Gasteiger partial charge on any atom is -0.481 e. The quantitative estimate of drug-likeness (QED) is 0.177. The molecule has 0 aliphatic carbocycles. The van der Waals surface area contributed by atoms with Gasteiger partial charge in [0.25, 0.3) is 0 Å². The maximum Gasteiger partial charge on any atom is 0.303 e. The van der Waals surface area contributed by atoms with Crippen molar-refractivity contribution in [3.05, 3.63) is 112 Å². The van der Waals surface area contributed by atoms with E-state index in [1.165, 1.54) is 5.56 Å². The molecule has 2 aliphatic heterocycles. The summed E-state index contributed by atoms with van der Waals surface area (Å²) in [6, 6.07) is 27.8. The maximum absolute atomic E-state index is 14.3. The van der Waals surface area contributed by atoms with E-state index in [4.69, 9.17) is 9.72 Å². The number of rotatable bonds is 9. The first-order valence-corrected chi connectivity index (χ1v) is 17.5. The summed E-state index contributed by atoms with van der Waals surface area (Å²) in [5.74, 6) is 0.0771. The summed E-state index contributed by atoms with van der Waals surface area (Å²) in [5.41, 5.74) is 8.65. The minimum atomic E-state index is -0.798. The lowest BCUT2D eigenvalue weighted by atomic mass is 9.79. The Hall–Kier alpha value is -4.49. The van der Waals surface area contributed by atoms with Crippen molar-refractivity contribution in [1.29, 1.82) is 0 Å². The largest absolute Gasteiger partial charge is 0.481 e. The highest BCUT2D eigenvalue weighted by Gasteiger charge is 2.35. The second-order valence-electron chi connectivity index (χ2n) is 13.7. The summed E-state index contributed by atoms with van der Waals surface area (Å²) in [6.45, 7) is 7.74. The topological polar surface area (TPSA) is 84.7 Å². The number of carbonyl (C=O) groups excluding carboxylic acids is 1. The Labute approximate surface area is 282 Å². The summed E-state index contributed by atoms with van der Waals surface area (Å²) >= 11 is 0. The molecule has 0 radical (unpaired) electrons. The highest BCUT2D eigenvalue weighted by molar-refractivity contribution is 6.08. The van der Waals surface area contributed by atoms with Crippen molar-refractivity contribution in [1.82, 2.24) is 14.5 Å². The van der Waals surface area contributed by atoms with Crippen LogP contribution in [0.4, 0.5) is 0 Å². The first kappa shape index (κ1) is 32.1. The van der Waals surface area contributed by atoms with Crippen molar-refractivity contribution in [2.75, 3.05) is 26.3 Å². The van der Waals surface area contributed by atoms with Crippen LogP contribution in [0.25, 0.3) is 21.9 Å². The molecule has 7 rings (SSSR count). The van der Waals surface area contributed by atoms with Crippen LogP contribution in [0.2, 0.25) is 0 Å². The molecule has 2 aromatic heterocycles. The Balaban J connectivity index is 1.16. The molecular formula is C41H45N3O4. The van der Waals surface area contributed by atoms with Gasteiger partial charge in [0.15, 0.2) is 0 Å². The van der Waals surface area contributed by atoms with Gasteiger partial charge in [0, 0.05) is 55.7 Å². The van der Waals surface area contributed by atoms with Crippen LogP contribution < -0.4 is 0 Å². The zero-order valence-electron chi connectivity index (χ0n) is 28.0. The number of carboxylic acids is 1. The standard InChI is InChI=1S/C41H45N3O4/c1-27-34(16-17-37(45)46)28(2)42-40-38(27)35-10-6-7-11-36(35)44(40)26-29-12-14-32(15-13-29)39(33-20-24-48-25-21-33)41(47)43-22-18-31(19-23-43)30-8-4-3-5-9-30/h3-15,31,33,39H,16-26H2,1-2H3,(H,45,46). The highest BCUT2D eigenvalue weighted by Crippen LogP contribution is 2.37. The van der Waals surface area contributed by atoms with Crippen LogP contribution in [-0.2, 0) is 27.3 Å². The molecule has 2 fully saturated rings. The Morgan fingerprint density at radius 3 is 2.29 bits per heavy atom. The molecule has 1 N–H and O–H groups in total. The van der Waals surface area contributed by atoms with Gasteiger partial charge < -0.3 is 19.3 Å². The van der Waals surface area contributed by atoms with Crippen molar-refractivity contribution < 1.29 is 19.4 Å². The van der Waals surface area contributed by atoms with E-state index in [9.17, 15) is 14.7 Å². The molecule has 1 unspecified atom stereocenters. The average molecular weight is 644 g/mol. The number of ether oxygens (including phenoxy) is 1. The van der Waals surface area contributed by atoms with Crippen LogP contribution in [0.3, 0.4) is 0 Å². The molecule has 3 aromatic carbocycles. The van der Waals surface area contributed by atoms with Crippen molar-refractivity contribution in [3.63, 3.8) is 0 Å². The molecule has 5 aromatic rings. The van der Waals surface area contributed by atoms with Crippen molar-refractivity contribution >= 4 is 33.8 Å². The van der Waals surface area contributed by atoms with E-state index in [1.807, 2.05) is 6.92 Å².